The van der Waals surface area contributed by atoms with Gasteiger partial charge in [0.1, 0.15) is 0 Å². The number of benzene rings is 1. The quantitative estimate of drug-likeness (QED) is 0.856. The standard InChI is InChI=1S/C11H10BrClN2O2/c12-7-1-2-8(9(13)5-7)11(17)15-4-3-14-10(16)6-15/h1-2,5H,3-4,6H2,(H,14,16). The van der Waals surface area contributed by atoms with Gasteiger partial charge in [0.25, 0.3) is 5.91 Å². The largest absolute Gasteiger partial charge is 0.353 e. The van der Waals surface area contributed by atoms with Crippen LogP contribution in [0.2, 0.25) is 5.02 Å². The number of hydrogen-bond donors (Lipinski definition) is 1. The van der Waals surface area contributed by atoms with Crippen LogP contribution in [0.3, 0.4) is 0 Å². The highest BCUT2D eigenvalue weighted by atomic mass is 79.9. The first-order chi connectivity index (χ1) is 8.08. The summed E-state index contributed by atoms with van der Waals surface area (Å²) in [6.07, 6.45) is 0. The Kier molecular flexibility index (Phi) is 3.69. The van der Waals surface area contributed by atoms with Crippen LogP contribution in [-0.4, -0.2) is 36.3 Å². The van der Waals surface area contributed by atoms with E-state index in [4.69, 9.17) is 11.6 Å². The molecule has 0 aliphatic carbocycles. The molecule has 1 saturated heterocycles. The van der Waals surface area contributed by atoms with Gasteiger partial charge >= 0.3 is 0 Å². The lowest BCUT2D eigenvalue weighted by molar-refractivity contribution is -0.123. The Bertz CT molecular complexity index is 479. The minimum Gasteiger partial charge on any atom is -0.353 e. The summed E-state index contributed by atoms with van der Waals surface area (Å²) in [4.78, 5) is 24.8. The fraction of sp³-hybridized carbons (Fsp3) is 0.273. The molecule has 0 bridgehead atoms. The van der Waals surface area contributed by atoms with Crippen molar-refractivity contribution in [3.63, 3.8) is 0 Å². The molecule has 4 nitrogen and oxygen atoms in total. The molecule has 90 valence electrons. The number of carbonyl (C=O) groups excluding carboxylic acids is 2. The van der Waals surface area contributed by atoms with Crippen molar-refractivity contribution >= 4 is 39.3 Å². The van der Waals surface area contributed by atoms with Gasteiger partial charge in [-0.1, -0.05) is 27.5 Å². The molecule has 0 saturated carbocycles. The third-order valence-corrected chi connectivity index (χ3v) is 3.29. The van der Waals surface area contributed by atoms with Crippen LogP contribution in [0.15, 0.2) is 22.7 Å². The van der Waals surface area contributed by atoms with E-state index < -0.39 is 0 Å². The van der Waals surface area contributed by atoms with Crippen LogP contribution in [0.4, 0.5) is 0 Å². The van der Waals surface area contributed by atoms with Crippen LogP contribution in [0, 0.1) is 0 Å². The second-order valence-corrected chi connectivity index (χ2v) is 5.02. The smallest absolute Gasteiger partial charge is 0.255 e. The fourth-order valence-corrected chi connectivity index (χ4v) is 2.40. The van der Waals surface area contributed by atoms with E-state index in [-0.39, 0.29) is 18.4 Å². The highest BCUT2D eigenvalue weighted by Gasteiger charge is 2.23. The van der Waals surface area contributed by atoms with E-state index in [1.54, 1.807) is 18.2 Å². The zero-order valence-electron chi connectivity index (χ0n) is 8.87. The number of nitrogens with zero attached hydrogens (tertiary/aromatic N) is 1. The van der Waals surface area contributed by atoms with Crippen molar-refractivity contribution in [2.75, 3.05) is 19.6 Å². The van der Waals surface area contributed by atoms with E-state index in [1.165, 1.54) is 4.90 Å². The second-order valence-electron chi connectivity index (χ2n) is 3.70. The summed E-state index contributed by atoms with van der Waals surface area (Å²) >= 11 is 9.28. The summed E-state index contributed by atoms with van der Waals surface area (Å²) < 4.78 is 0.815. The average molecular weight is 318 g/mol. The summed E-state index contributed by atoms with van der Waals surface area (Å²) in [5.41, 5.74) is 0.421. The van der Waals surface area contributed by atoms with Crippen molar-refractivity contribution in [2.45, 2.75) is 0 Å². The number of rotatable bonds is 1. The molecule has 2 amide bonds. The molecule has 1 aromatic rings. The molecule has 6 heteroatoms. The molecule has 0 aromatic heterocycles. The lowest BCUT2D eigenvalue weighted by Gasteiger charge is -2.27. The van der Waals surface area contributed by atoms with Crippen molar-refractivity contribution in [2.24, 2.45) is 0 Å². The molecule has 1 fully saturated rings. The predicted octanol–water partition coefficient (Wildman–Crippen LogP) is 1.67. The maximum Gasteiger partial charge on any atom is 0.255 e. The second kappa shape index (κ2) is 5.06. The van der Waals surface area contributed by atoms with Gasteiger partial charge in [0, 0.05) is 17.6 Å². The maximum absolute atomic E-state index is 12.1. The molecule has 1 aromatic carbocycles. The monoisotopic (exact) mass is 316 g/mol. The van der Waals surface area contributed by atoms with Crippen LogP contribution in [0.5, 0.6) is 0 Å². The third kappa shape index (κ3) is 2.79. The molecule has 1 aliphatic heterocycles. The molecule has 0 radical (unpaired) electrons. The lowest BCUT2D eigenvalue weighted by Crippen LogP contribution is -2.50. The zero-order valence-corrected chi connectivity index (χ0v) is 11.2. The summed E-state index contributed by atoms with van der Waals surface area (Å²) in [5, 5.41) is 3.05. The summed E-state index contributed by atoms with van der Waals surface area (Å²) in [7, 11) is 0. The highest BCUT2D eigenvalue weighted by molar-refractivity contribution is 9.10. The summed E-state index contributed by atoms with van der Waals surface area (Å²) in [6, 6.07) is 5.07. The third-order valence-electron chi connectivity index (χ3n) is 2.49. The van der Waals surface area contributed by atoms with Crippen LogP contribution in [0.25, 0.3) is 0 Å². The number of hydrogen-bond acceptors (Lipinski definition) is 2. The molecular formula is C11H10BrClN2O2. The van der Waals surface area contributed by atoms with Gasteiger partial charge in [-0.15, -0.1) is 0 Å². The molecule has 0 unspecified atom stereocenters. The molecule has 0 spiro atoms. The number of piperazine rings is 1. The fourth-order valence-electron chi connectivity index (χ4n) is 1.65. The van der Waals surface area contributed by atoms with E-state index in [9.17, 15) is 9.59 Å². The van der Waals surface area contributed by atoms with Crippen LogP contribution >= 0.6 is 27.5 Å². The van der Waals surface area contributed by atoms with Gasteiger partial charge in [-0.3, -0.25) is 9.59 Å². The van der Waals surface area contributed by atoms with Gasteiger partial charge in [-0.25, -0.2) is 0 Å². The first-order valence-electron chi connectivity index (χ1n) is 5.09. The molecule has 1 N–H and O–H groups in total. The van der Waals surface area contributed by atoms with Gasteiger partial charge in [0.05, 0.1) is 17.1 Å². The summed E-state index contributed by atoms with van der Waals surface area (Å²) in [5.74, 6) is -0.352. The first kappa shape index (κ1) is 12.4. The van der Waals surface area contributed by atoms with Gasteiger partial charge < -0.3 is 10.2 Å². The van der Waals surface area contributed by atoms with Crippen LogP contribution in [0.1, 0.15) is 10.4 Å². The minimum absolute atomic E-state index is 0.0885. The van der Waals surface area contributed by atoms with Crippen LogP contribution in [-0.2, 0) is 4.79 Å². The van der Waals surface area contributed by atoms with Crippen molar-refractivity contribution in [1.82, 2.24) is 10.2 Å². The first-order valence-corrected chi connectivity index (χ1v) is 6.26. The Balaban J connectivity index is 2.21. The highest BCUT2D eigenvalue weighted by Crippen LogP contribution is 2.22. The van der Waals surface area contributed by atoms with E-state index in [2.05, 4.69) is 21.2 Å². The maximum atomic E-state index is 12.1. The lowest BCUT2D eigenvalue weighted by atomic mass is 10.2. The Labute approximate surface area is 112 Å². The predicted molar refractivity (Wildman–Crippen MR) is 68.1 cm³/mol. The van der Waals surface area contributed by atoms with E-state index >= 15 is 0 Å². The van der Waals surface area contributed by atoms with Gasteiger partial charge in [0.15, 0.2) is 0 Å². The van der Waals surface area contributed by atoms with Gasteiger partial charge in [-0.05, 0) is 18.2 Å². The van der Waals surface area contributed by atoms with Crippen LogP contribution < -0.4 is 5.32 Å². The minimum atomic E-state index is -0.211. The number of carbonyl (C=O) groups is 2. The van der Waals surface area contributed by atoms with E-state index in [1.807, 2.05) is 0 Å². The Morgan fingerprint density at radius 2 is 2.24 bits per heavy atom. The molecule has 17 heavy (non-hydrogen) atoms. The molecular weight excluding hydrogens is 307 g/mol. The molecule has 2 rings (SSSR count). The summed E-state index contributed by atoms with van der Waals surface area (Å²) in [6.45, 7) is 1.08. The number of halogens is 2. The van der Waals surface area contributed by atoms with Gasteiger partial charge in [0.2, 0.25) is 5.91 Å². The Morgan fingerprint density at radius 1 is 1.47 bits per heavy atom. The van der Waals surface area contributed by atoms with Crippen molar-refractivity contribution in [3.8, 4) is 0 Å². The topological polar surface area (TPSA) is 49.4 Å². The van der Waals surface area contributed by atoms with Crippen molar-refractivity contribution in [1.29, 1.82) is 0 Å². The van der Waals surface area contributed by atoms with Crippen molar-refractivity contribution < 1.29 is 9.59 Å². The molecule has 1 aliphatic rings. The number of nitrogens with one attached hydrogen (secondary N) is 1. The van der Waals surface area contributed by atoms with E-state index in [0.717, 1.165) is 4.47 Å². The number of amides is 2. The molecule has 0 atom stereocenters. The van der Waals surface area contributed by atoms with E-state index in [0.29, 0.717) is 23.7 Å². The average Bonchev–Trinajstić information content (AvgIpc) is 2.28. The Morgan fingerprint density at radius 3 is 2.88 bits per heavy atom. The Hall–Kier alpha value is -1.07. The zero-order chi connectivity index (χ0) is 12.4. The molecule has 1 heterocycles. The van der Waals surface area contributed by atoms with Gasteiger partial charge in [-0.2, -0.15) is 0 Å². The SMILES string of the molecule is O=C1CN(C(=O)c2ccc(Br)cc2Cl)CCN1. The van der Waals surface area contributed by atoms with Crippen molar-refractivity contribution in [3.05, 3.63) is 33.3 Å². The normalized spacial score (nSPS) is 15.6.